The molecular formula is C8H14O3. The maximum absolute atomic E-state index is 10.9. The van der Waals surface area contributed by atoms with Crippen LogP contribution < -0.4 is 0 Å². The van der Waals surface area contributed by atoms with Gasteiger partial charge in [0, 0.05) is 5.92 Å². The summed E-state index contributed by atoms with van der Waals surface area (Å²) < 4.78 is 4.40. The Kier molecular flexibility index (Phi) is 3.26. The van der Waals surface area contributed by atoms with E-state index in [9.17, 15) is 9.90 Å². The van der Waals surface area contributed by atoms with Gasteiger partial charge in [0.1, 0.15) is 0 Å². The van der Waals surface area contributed by atoms with E-state index in [1.807, 2.05) is 0 Å². The van der Waals surface area contributed by atoms with Crippen LogP contribution >= 0.6 is 0 Å². The van der Waals surface area contributed by atoms with Gasteiger partial charge in [0.25, 0.3) is 0 Å². The van der Waals surface area contributed by atoms with Crippen molar-refractivity contribution in [2.45, 2.75) is 19.4 Å². The molecule has 1 N–H and O–H groups in total. The van der Waals surface area contributed by atoms with Crippen LogP contribution in [-0.4, -0.2) is 23.8 Å². The highest BCUT2D eigenvalue weighted by molar-refractivity contribution is 5.79. The van der Waals surface area contributed by atoms with E-state index < -0.39 is 11.6 Å². The van der Waals surface area contributed by atoms with Gasteiger partial charge in [-0.1, -0.05) is 13.0 Å². The lowest BCUT2D eigenvalue weighted by atomic mass is 9.91. The molecule has 0 saturated heterocycles. The summed E-state index contributed by atoms with van der Waals surface area (Å²) in [6, 6.07) is 0. The van der Waals surface area contributed by atoms with E-state index in [4.69, 9.17) is 0 Å². The minimum atomic E-state index is -1.46. The number of hydrogen-bond donors (Lipinski definition) is 1. The first-order valence-electron chi connectivity index (χ1n) is 3.40. The van der Waals surface area contributed by atoms with Gasteiger partial charge in [-0.2, -0.15) is 0 Å². The maximum Gasteiger partial charge on any atom is 0.338 e. The third kappa shape index (κ3) is 2.05. The van der Waals surface area contributed by atoms with Gasteiger partial charge in [-0.05, 0) is 6.92 Å². The van der Waals surface area contributed by atoms with Crippen molar-refractivity contribution in [3.8, 4) is 0 Å². The second-order valence-electron chi connectivity index (χ2n) is 2.66. The van der Waals surface area contributed by atoms with E-state index in [1.165, 1.54) is 20.1 Å². The van der Waals surface area contributed by atoms with Crippen LogP contribution in [0.4, 0.5) is 0 Å². The minimum absolute atomic E-state index is 0.310. The molecule has 0 aliphatic heterocycles. The molecule has 0 heterocycles. The van der Waals surface area contributed by atoms with Crippen molar-refractivity contribution in [1.82, 2.24) is 0 Å². The monoisotopic (exact) mass is 158 g/mol. The SMILES string of the molecule is C=C[C@@H](C)[C@](C)(O)C(=O)OC. The summed E-state index contributed by atoms with van der Waals surface area (Å²) in [4.78, 5) is 10.9. The molecule has 2 atom stereocenters. The first-order chi connectivity index (χ1) is 4.96. The Morgan fingerprint density at radius 3 is 2.55 bits per heavy atom. The average Bonchev–Trinajstić information content (AvgIpc) is 2.01. The summed E-state index contributed by atoms with van der Waals surface area (Å²) in [6.07, 6.45) is 1.51. The molecule has 0 radical (unpaired) electrons. The molecule has 0 aromatic heterocycles. The fraction of sp³-hybridized carbons (Fsp3) is 0.625. The molecule has 0 amide bonds. The zero-order valence-corrected chi connectivity index (χ0v) is 7.13. The summed E-state index contributed by atoms with van der Waals surface area (Å²) in [5.41, 5.74) is -1.46. The zero-order valence-electron chi connectivity index (χ0n) is 7.13. The van der Waals surface area contributed by atoms with Gasteiger partial charge < -0.3 is 9.84 Å². The minimum Gasteiger partial charge on any atom is -0.467 e. The van der Waals surface area contributed by atoms with E-state index >= 15 is 0 Å². The van der Waals surface area contributed by atoms with Gasteiger partial charge in [0.2, 0.25) is 0 Å². The molecule has 0 spiro atoms. The second-order valence-corrected chi connectivity index (χ2v) is 2.66. The molecule has 11 heavy (non-hydrogen) atoms. The van der Waals surface area contributed by atoms with Crippen molar-refractivity contribution in [2.24, 2.45) is 5.92 Å². The lowest BCUT2D eigenvalue weighted by molar-refractivity contribution is -0.163. The van der Waals surface area contributed by atoms with Crippen LogP contribution in [0, 0.1) is 5.92 Å². The number of methoxy groups -OCH3 is 1. The van der Waals surface area contributed by atoms with E-state index in [1.54, 1.807) is 6.92 Å². The summed E-state index contributed by atoms with van der Waals surface area (Å²) in [5.74, 6) is -0.945. The Morgan fingerprint density at radius 2 is 2.27 bits per heavy atom. The van der Waals surface area contributed by atoms with E-state index in [0.29, 0.717) is 0 Å². The average molecular weight is 158 g/mol. The topological polar surface area (TPSA) is 46.5 Å². The highest BCUT2D eigenvalue weighted by Gasteiger charge is 2.35. The predicted molar refractivity (Wildman–Crippen MR) is 42.0 cm³/mol. The summed E-state index contributed by atoms with van der Waals surface area (Å²) in [7, 11) is 1.24. The molecule has 0 aliphatic rings. The molecule has 0 aliphatic carbocycles. The number of esters is 1. The summed E-state index contributed by atoms with van der Waals surface area (Å²) >= 11 is 0. The molecule has 0 rings (SSSR count). The first-order valence-corrected chi connectivity index (χ1v) is 3.40. The second kappa shape index (κ2) is 3.53. The first kappa shape index (κ1) is 10.2. The van der Waals surface area contributed by atoms with E-state index in [2.05, 4.69) is 11.3 Å². The quantitative estimate of drug-likeness (QED) is 0.486. The highest BCUT2D eigenvalue weighted by atomic mass is 16.5. The summed E-state index contributed by atoms with van der Waals surface area (Å²) in [6.45, 7) is 6.58. The molecule has 3 heteroatoms. The number of hydrogen-bond acceptors (Lipinski definition) is 3. The summed E-state index contributed by atoms with van der Waals surface area (Å²) in [5, 5.41) is 9.51. The van der Waals surface area contributed by atoms with Gasteiger partial charge in [-0.15, -0.1) is 6.58 Å². The van der Waals surface area contributed by atoms with Crippen molar-refractivity contribution in [1.29, 1.82) is 0 Å². The fourth-order valence-electron chi connectivity index (χ4n) is 0.622. The Labute approximate surface area is 66.7 Å². The molecule has 3 nitrogen and oxygen atoms in total. The third-order valence-corrected chi connectivity index (χ3v) is 1.84. The van der Waals surface area contributed by atoms with Crippen LogP contribution in [0.5, 0.6) is 0 Å². The Morgan fingerprint density at radius 1 is 1.82 bits per heavy atom. The molecule has 0 aromatic rings. The lowest BCUT2D eigenvalue weighted by Gasteiger charge is -2.24. The van der Waals surface area contributed by atoms with Gasteiger partial charge in [-0.25, -0.2) is 4.79 Å². The van der Waals surface area contributed by atoms with Crippen molar-refractivity contribution in [3.05, 3.63) is 12.7 Å². The molecule has 0 saturated carbocycles. The fourth-order valence-corrected chi connectivity index (χ4v) is 0.622. The smallest absolute Gasteiger partial charge is 0.338 e. The van der Waals surface area contributed by atoms with Crippen molar-refractivity contribution in [3.63, 3.8) is 0 Å². The van der Waals surface area contributed by atoms with E-state index in [0.717, 1.165) is 0 Å². The largest absolute Gasteiger partial charge is 0.467 e. The molecule has 0 aromatic carbocycles. The number of rotatable bonds is 3. The number of ether oxygens (including phenoxy) is 1. The lowest BCUT2D eigenvalue weighted by Crippen LogP contribution is -2.41. The number of aliphatic hydroxyl groups is 1. The molecule has 0 bridgehead atoms. The molecule has 0 unspecified atom stereocenters. The van der Waals surface area contributed by atoms with Gasteiger partial charge in [-0.3, -0.25) is 0 Å². The maximum atomic E-state index is 10.9. The van der Waals surface area contributed by atoms with Crippen LogP contribution in [0.15, 0.2) is 12.7 Å². The Hall–Kier alpha value is -0.830. The molecular weight excluding hydrogens is 144 g/mol. The molecule has 0 fully saturated rings. The van der Waals surface area contributed by atoms with Crippen LogP contribution in [0.25, 0.3) is 0 Å². The van der Waals surface area contributed by atoms with Crippen LogP contribution in [0.1, 0.15) is 13.8 Å². The van der Waals surface area contributed by atoms with Gasteiger partial charge in [0.15, 0.2) is 5.60 Å². The van der Waals surface area contributed by atoms with Crippen molar-refractivity contribution < 1.29 is 14.6 Å². The Bertz CT molecular complexity index is 161. The highest BCUT2D eigenvalue weighted by Crippen LogP contribution is 2.18. The van der Waals surface area contributed by atoms with Crippen LogP contribution in [0.2, 0.25) is 0 Å². The third-order valence-electron chi connectivity index (χ3n) is 1.84. The van der Waals surface area contributed by atoms with Crippen molar-refractivity contribution in [2.75, 3.05) is 7.11 Å². The van der Waals surface area contributed by atoms with Gasteiger partial charge >= 0.3 is 5.97 Å². The van der Waals surface area contributed by atoms with Crippen molar-refractivity contribution >= 4 is 5.97 Å². The van der Waals surface area contributed by atoms with Gasteiger partial charge in [0.05, 0.1) is 7.11 Å². The van der Waals surface area contributed by atoms with Crippen LogP contribution in [-0.2, 0) is 9.53 Å². The normalized spacial score (nSPS) is 18.2. The predicted octanol–water partition coefficient (Wildman–Crippen LogP) is 0.732. The van der Waals surface area contributed by atoms with E-state index in [-0.39, 0.29) is 5.92 Å². The molecule has 64 valence electrons. The number of carbonyl (C=O) groups excluding carboxylic acids is 1. The van der Waals surface area contributed by atoms with Crippen LogP contribution in [0.3, 0.4) is 0 Å². The standard InChI is InChI=1S/C8H14O3/c1-5-6(2)8(3,10)7(9)11-4/h5-6,10H,1H2,2-4H3/t6-,8+/m1/s1. The zero-order chi connectivity index (χ0) is 9.07. The Balaban J connectivity index is 4.43. The number of carbonyl (C=O) groups is 1.